The molecule has 0 atom stereocenters. The Kier molecular flexibility index (Phi) is 4.20. The van der Waals surface area contributed by atoms with Gasteiger partial charge in [-0.3, -0.25) is 9.48 Å². The number of anilines is 1. The number of fused-ring (bicyclic) bond motifs is 1. The highest BCUT2D eigenvalue weighted by Crippen LogP contribution is 2.30. The Labute approximate surface area is 159 Å². The van der Waals surface area contributed by atoms with Gasteiger partial charge in [0.2, 0.25) is 0 Å². The first kappa shape index (κ1) is 17.1. The van der Waals surface area contributed by atoms with E-state index in [0.29, 0.717) is 29.0 Å². The van der Waals surface area contributed by atoms with E-state index < -0.39 is 0 Å². The van der Waals surface area contributed by atoms with Crippen molar-refractivity contribution in [1.82, 2.24) is 25.1 Å². The first-order chi connectivity index (χ1) is 12.4. The van der Waals surface area contributed by atoms with Crippen molar-refractivity contribution >= 4 is 45.8 Å². The van der Waals surface area contributed by atoms with E-state index >= 15 is 0 Å². The Hall–Kier alpha value is -2.38. The maximum absolute atomic E-state index is 12.5. The van der Waals surface area contributed by atoms with Gasteiger partial charge in [-0.1, -0.05) is 23.2 Å². The molecule has 4 rings (SSSR count). The number of amides is 1. The fourth-order valence-electron chi connectivity index (χ4n) is 2.99. The predicted molar refractivity (Wildman–Crippen MR) is 101 cm³/mol. The normalized spacial score (nSPS) is 14.5. The molecule has 3 aromatic rings. The highest BCUT2D eigenvalue weighted by Gasteiger charge is 2.30. The molecule has 3 aromatic heterocycles. The second-order valence-corrected chi connectivity index (χ2v) is 7.10. The zero-order valence-electron chi connectivity index (χ0n) is 14.2. The molecule has 0 saturated carbocycles. The van der Waals surface area contributed by atoms with E-state index in [1.165, 1.54) is 6.20 Å². The van der Waals surface area contributed by atoms with Crippen LogP contribution in [0.2, 0.25) is 10.2 Å². The van der Waals surface area contributed by atoms with Gasteiger partial charge < -0.3 is 10.2 Å². The summed E-state index contributed by atoms with van der Waals surface area (Å²) in [6, 6.07) is 5.26. The van der Waals surface area contributed by atoms with Crippen LogP contribution in [0.15, 0.2) is 24.4 Å². The van der Waals surface area contributed by atoms with E-state index in [1.54, 1.807) is 16.8 Å². The molecule has 0 spiro atoms. The average molecular weight is 391 g/mol. The lowest BCUT2D eigenvalue weighted by Gasteiger charge is -2.41. The molecule has 1 N–H and O–H groups in total. The Balaban J connectivity index is 1.43. The SMILES string of the molecule is Cc1c2nc(C(=O)NC3CN(c4cc(Cl)ncc4Cl)C3)ccc2nn1C. The highest BCUT2D eigenvalue weighted by molar-refractivity contribution is 6.34. The fraction of sp³-hybridized carbons (Fsp3) is 0.294. The van der Waals surface area contributed by atoms with Crippen molar-refractivity contribution in [2.45, 2.75) is 13.0 Å². The van der Waals surface area contributed by atoms with Crippen molar-refractivity contribution in [3.63, 3.8) is 0 Å². The van der Waals surface area contributed by atoms with Gasteiger partial charge >= 0.3 is 0 Å². The first-order valence-electron chi connectivity index (χ1n) is 8.09. The van der Waals surface area contributed by atoms with Crippen LogP contribution in [0.3, 0.4) is 0 Å². The number of aryl methyl sites for hydroxylation is 2. The van der Waals surface area contributed by atoms with Crippen molar-refractivity contribution < 1.29 is 4.79 Å². The lowest BCUT2D eigenvalue weighted by Crippen LogP contribution is -2.59. The molecule has 4 heterocycles. The predicted octanol–water partition coefficient (Wildman–Crippen LogP) is 2.60. The maximum Gasteiger partial charge on any atom is 0.270 e. The molecule has 9 heteroatoms. The number of pyridine rings is 2. The summed E-state index contributed by atoms with van der Waals surface area (Å²) in [5.74, 6) is -0.196. The Morgan fingerprint density at radius 1 is 1.31 bits per heavy atom. The first-order valence-corrected chi connectivity index (χ1v) is 8.85. The monoisotopic (exact) mass is 390 g/mol. The lowest BCUT2D eigenvalue weighted by molar-refractivity contribution is 0.0925. The maximum atomic E-state index is 12.5. The van der Waals surface area contributed by atoms with E-state index in [9.17, 15) is 4.79 Å². The minimum atomic E-state index is -0.196. The van der Waals surface area contributed by atoms with Crippen LogP contribution in [0.5, 0.6) is 0 Å². The summed E-state index contributed by atoms with van der Waals surface area (Å²) in [5, 5.41) is 8.27. The summed E-state index contributed by atoms with van der Waals surface area (Å²) >= 11 is 12.1. The summed E-state index contributed by atoms with van der Waals surface area (Å²) in [6.07, 6.45) is 1.53. The highest BCUT2D eigenvalue weighted by atomic mass is 35.5. The number of rotatable bonds is 3. The van der Waals surface area contributed by atoms with Crippen LogP contribution in [0.25, 0.3) is 11.0 Å². The van der Waals surface area contributed by atoms with E-state index in [4.69, 9.17) is 23.2 Å². The number of aromatic nitrogens is 4. The molecule has 0 radical (unpaired) electrons. The van der Waals surface area contributed by atoms with Crippen molar-refractivity contribution in [2.24, 2.45) is 7.05 Å². The van der Waals surface area contributed by atoms with Crippen molar-refractivity contribution in [1.29, 1.82) is 0 Å². The number of halogens is 2. The third-order valence-corrected chi connectivity index (χ3v) is 5.05. The molecule has 0 aromatic carbocycles. The molecule has 1 fully saturated rings. The van der Waals surface area contributed by atoms with Crippen LogP contribution >= 0.6 is 23.2 Å². The van der Waals surface area contributed by atoms with Gasteiger partial charge in [0.15, 0.2) is 0 Å². The van der Waals surface area contributed by atoms with E-state index in [1.807, 2.05) is 24.9 Å². The van der Waals surface area contributed by atoms with Gasteiger partial charge in [0.25, 0.3) is 5.91 Å². The second kappa shape index (κ2) is 6.41. The number of nitrogens with zero attached hydrogens (tertiary/aromatic N) is 5. The summed E-state index contributed by atoms with van der Waals surface area (Å²) in [6.45, 7) is 3.23. The van der Waals surface area contributed by atoms with Crippen LogP contribution in [-0.4, -0.2) is 44.8 Å². The smallest absolute Gasteiger partial charge is 0.270 e. The van der Waals surface area contributed by atoms with Crippen molar-refractivity contribution in [2.75, 3.05) is 18.0 Å². The quantitative estimate of drug-likeness (QED) is 0.695. The van der Waals surface area contributed by atoms with Crippen molar-refractivity contribution in [3.05, 3.63) is 46.0 Å². The molecule has 0 unspecified atom stereocenters. The number of carbonyl (C=O) groups excluding carboxylic acids is 1. The van der Waals surface area contributed by atoms with Gasteiger partial charge in [0.1, 0.15) is 21.9 Å². The number of nitrogens with one attached hydrogen (secondary N) is 1. The minimum absolute atomic E-state index is 0.0259. The molecular formula is C17H16Cl2N6O. The average Bonchev–Trinajstić information content (AvgIpc) is 2.87. The van der Waals surface area contributed by atoms with Crippen LogP contribution < -0.4 is 10.2 Å². The van der Waals surface area contributed by atoms with Gasteiger partial charge in [-0.25, -0.2) is 9.97 Å². The zero-order valence-corrected chi connectivity index (χ0v) is 15.7. The molecule has 1 aliphatic rings. The number of hydrogen-bond donors (Lipinski definition) is 1. The number of hydrogen-bond acceptors (Lipinski definition) is 5. The van der Waals surface area contributed by atoms with Gasteiger partial charge in [-0.2, -0.15) is 5.10 Å². The second-order valence-electron chi connectivity index (χ2n) is 6.31. The molecule has 134 valence electrons. The Bertz CT molecular complexity index is 1010. The Morgan fingerprint density at radius 2 is 2.08 bits per heavy atom. The van der Waals surface area contributed by atoms with Crippen LogP contribution in [0, 0.1) is 6.92 Å². The number of carbonyl (C=O) groups is 1. The van der Waals surface area contributed by atoms with E-state index in [-0.39, 0.29) is 11.9 Å². The lowest BCUT2D eigenvalue weighted by atomic mass is 10.1. The zero-order chi connectivity index (χ0) is 18.4. The molecule has 7 nitrogen and oxygen atoms in total. The van der Waals surface area contributed by atoms with Crippen LogP contribution in [0.1, 0.15) is 16.2 Å². The van der Waals surface area contributed by atoms with Gasteiger partial charge in [0.05, 0.1) is 22.4 Å². The molecule has 1 amide bonds. The summed E-state index contributed by atoms with van der Waals surface area (Å²) < 4.78 is 1.76. The third-order valence-electron chi connectivity index (χ3n) is 4.55. The summed E-state index contributed by atoms with van der Waals surface area (Å²) in [4.78, 5) is 22.9. The summed E-state index contributed by atoms with van der Waals surface area (Å²) in [7, 11) is 1.86. The molecule has 0 bridgehead atoms. The van der Waals surface area contributed by atoms with Gasteiger partial charge in [-0.15, -0.1) is 0 Å². The molecule has 1 aliphatic heterocycles. The standard InChI is InChI=1S/C17H16Cl2N6O/c1-9-16-12(23-24(9)2)3-4-13(22-16)17(26)21-10-7-25(8-10)14-5-15(19)20-6-11(14)18/h3-6,10H,7-8H2,1-2H3,(H,21,26). The van der Waals surface area contributed by atoms with E-state index in [2.05, 4.69) is 20.4 Å². The van der Waals surface area contributed by atoms with Crippen LogP contribution in [0.4, 0.5) is 5.69 Å². The summed E-state index contributed by atoms with van der Waals surface area (Å²) in [5.41, 5.74) is 3.66. The molecular weight excluding hydrogens is 375 g/mol. The molecule has 0 aliphatic carbocycles. The van der Waals surface area contributed by atoms with Crippen LogP contribution in [-0.2, 0) is 7.05 Å². The van der Waals surface area contributed by atoms with Gasteiger partial charge in [0, 0.05) is 32.4 Å². The topological polar surface area (TPSA) is 75.9 Å². The fourth-order valence-corrected chi connectivity index (χ4v) is 3.36. The van der Waals surface area contributed by atoms with Gasteiger partial charge in [-0.05, 0) is 19.1 Å². The minimum Gasteiger partial charge on any atom is -0.366 e. The molecule has 1 saturated heterocycles. The third kappa shape index (κ3) is 2.97. The Morgan fingerprint density at radius 3 is 2.85 bits per heavy atom. The van der Waals surface area contributed by atoms with E-state index in [0.717, 1.165) is 22.4 Å². The van der Waals surface area contributed by atoms with Crippen molar-refractivity contribution in [3.8, 4) is 0 Å². The largest absolute Gasteiger partial charge is 0.366 e. The molecule has 26 heavy (non-hydrogen) atoms.